The lowest BCUT2D eigenvalue weighted by Crippen LogP contribution is -2.46. The molecule has 2 heteroatoms. The number of hydrogen-bond acceptors (Lipinski definition) is 1. The Morgan fingerprint density at radius 3 is 2.64 bits per heavy atom. The van der Waals surface area contributed by atoms with Crippen molar-refractivity contribution < 1.29 is 4.39 Å². The molecule has 1 fully saturated rings. The first-order chi connectivity index (χ1) is 6.74. The van der Waals surface area contributed by atoms with E-state index in [9.17, 15) is 4.39 Å². The summed E-state index contributed by atoms with van der Waals surface area (Å²) < 4.78 is 13.4. The van der Waals surface area contributed by atoms with Crippen molar-refractivity contribution in [1.82, 2.24) is 5.32 Å². The zero-order valence-electron chi connectivity index (χ0n) is 8.63. The van der Waals surface area contributed by atoms with E-state index in [2.05, 4.69) is 12.2 Å². The molecule has 1 aliphatic carbocycles. The second kappa shape index (κ2) is 3.70. The maximum absolute atomic E-state index is 13.4. The summed E-state index contributed by atoms with van der Waals surface area (Å²) in [6.45, 7) is 2.18. The van der Waals surface area contributed by atoms with Gasteiger partial charge in [0.15, 0.2) is 0 Å². The quantitative estimate of drug-likeness (QED) is 0.761. The Bertz CT molecular complexity index is 324. The van der Waals surface area contributed by atoms with Crippen molar-refractivity contribution in [3.05, 3.63) is 35.6 Å². The topological polar surface area (TPSA) is 12.0 Å². The fourth-order valence-electron chi connectivity index (χ4n) is 2.35. The van der Waals surface area contributed by atoms with Gasteiger partial charge in [0.25, 0.3) is 0 Å². The minimum absolute atomic E-state index is 0.0566. The van der Waals surface area contributed by atoms with E-state index in [1.54, 1.807) is 12.1 Å². The van der Waals surface area contributed by atoms with Gasteiger partial charge in [-0.05, 0) is 36.9 Å². The van der Waals surface area contributed by atoms with Gasteiger partial charge in [0, 0.05) is 6.04 Å². The third kappa shape index (κ3) is 1.44. The normalized spacial score (nSPS) is 31.2. The van der Waals surface area contributed by atoms with Crippen LogP contribution in [0.5, 0.6) is 0 Å². The van der Waals surface area contributed by atoms with Crippen molar-refractivity contribution in [1.29, 1.82) is 0 Å². The standard InChI is InChI=1S/C12H16FN/c1-8-10(7-12(8)14-2)9-5-3-4-6-11(9)13/h3-6,8,10,12,14H,7H2,1-2H3. The molecule has 0 radical (unpaired) electrons. The highest BCUT2D eigenvalue weighted by Crippen LogP contribution is 2.42. The highest BCUT2D eigenvalue weighted by molar-refractivity contribution is 5.26. The molecule has 1 aromatic carbocycles. The largest absolute Gasteiger partial charge is 0.317 e. The van der Waals surface area contributed by atoms with Gasteiger partial charge in [-0.1, -0.05) is 25.1 Å². The van der Waals surface area contributed by atoms with Gasteiger partial charge in [0.05, 0.1) is 0 Å². The van der Waals surface area contributed by atoms with Crippen LogP contribution in [-0.4, -0.2) is 13.1 Å². The van der Waals surface area contributed by atoms with Crippen LogP contribution in [0.2, 0.25) is 0 Å². The smallest absolute Gasteiger partial charge is 0.126 e. The Morgan fingerprint density at radius 1 is 1.36 bits per heavy atom. The lowest BCUT2D eigenvalue weighted by atomic mass is 9.67. The SMILES string of the molecule is CNC1CC(c2ccccc2F)C1C. The monoisotopic (exact) mass is 193 g/mol. The number of benzene rings is 1. The molecule has 1 N–H and O–H groups in total. The third-order valence-corrected chi connectivity index (χ3v) is 3.45. The maximum atomic E-state index is 13.4. The van der Waals surface area contributed by atoms with E-state index in [0.29, 0.717) is 17.9 Å². The molecule has 0 saturated heterocycles. The van der Waals surface area contributed by atoms with Crippen molar-refractivity contribution in [2.45, 2.75) is 25.3 Å². The summed E-state index contributed by atoms with van der Waals surface area (Å²) in [4.78, 5) is 0. The second-order valence-corrected chi connectivity index (χ2v) is 4.12. The van der Waals surface area contributed by atoms with Crippen LogP contribution in [-0.2, 0) is 0 Å². The van der Waals surface area contributed by atoms with Gasteiger partial charge in [0.1, 0.15) is 5.82 Å². The maximum Gasteiger partial charge on any atom is 0.126 e. The molecule has 2 rings (SSSR count). The van der Waals surface area contributed by atoms with Crippen LogP contribution in [0.1, 0.15) is 24.8 Å². The van der Waals surface area contributed by atoms with E-state index in [4.69, 9.17) is 0 Å². The minimum atomic E-state index is -0.0566. The molecule has 76 valence electrons. The first-order valence-electron chi connectivity index (χ1n) is 5.15. The van der Waals surface area contributed by atoms with E-state index < -0.39 is 0 Å². The molecule has 1 nitrogen and oxygen atoms in total. The van der Waals surface area contributed by atoms with Gasteiger partial charge < -0.3 is 5.32 Å². The molecular weight excluding hydrogens is 177 g/mol. The Hall–Kier alpha value is -0.890. The molecule has 0 spiro atoms. The summed E-state index contributed by atoms with van der Waals surface area (Å²) in [5.41, 5.74) is 0.881. The Kier molecular flexibility index (Phi) is 2.55. The van der Waals surface area contributed by atoms with E-state index >= 15 is 0 Å². The van der Waals surface area contributed by atoms with E-state index in [-0.39, 0.29) is 5.82 Å². The lowest BCUT2D eigenvalue weighted by molar-refractivity contribution is 0.190. The van der Waals surface area contributed by atoms with Crippen molar-refractivity contribution in [3.8, 4) is 0 Å². The third-order valence-electron chi connectivity index (χ3n) is 3.45. The first kappa shape index (κ1) is 9.66. The molecule has 0 bridgehead atoms. The van der Waals surface area contributed by atoms with Crippen LogP contribution in [0.25, 0.3) is 0 Å². The highest BCUT2D eigenvalue weighted by atomic mass is 19.1. The molecule has 0 amide bonds. The van der Waals surface area contributed by atoms with Gasteiger partial charge in [-0.3, -0.25) is 0 Å². The molecular formula is C12H16FN. The van der Waals surface area contributed by atoms with Crippen LogP contribution < -0.4 is 5.32 Å². The number of nitrogens with one attached hydrogen (secondary N) is 1. The number of halogens is 1. The average Bonchev–Trinajstić information content (AvgIpc) is 2.19. The summed E-state index contributed by atoms with van der Waals surface area (Å²) in [5.74, 6) is 0.879. The molecule has 14 heavy (non-hydrogen) atoms. The van der Waals surface area contributed by atoms with Crippen LogP contribution in [0, 0.1) is 11.7 Å². The van der Waals surface area contributed by atoms with Crippen molar-refractivity contribution in [2.24, 2.45) is 5.92 Å². The molecule has 1 aliphatic rings. The lowest BCUT2D eigenvalue weighted by Gasteiger charge is -2.43. The summed E-state index contributed by atoms with van der Waals surface area (Å²) in [6.07, 6.45) is 1.05. The van der Waals surface area contributed by atoms with E-state index in [0.717, 1.165) is 12.0 Å². The average molecular weight is 193 g/mol. The predicted octanol–water partition coefficient (Wildman–Crippen LogP) is 2.54. The summed E-state index contributed by atoms with van der Waals surface area (Å²) in [5, 5.41) is 3.25. The molecule has 1 saturated carbocycles. The molecule has 3 atom stereocenters. The number of rotatable bonds is 2. The van der Waals surface area contributed by atoms with E-state index in [1.165, 1.54) is 0 Å². The number of hydrogen-bond donors (Lipinski definition) is 1. The Labute approximate surface area is 84.3 Å². The summed E-state index contributed by atoms with van der Waals surface area (Å²) in [6, 6.07) is 7.67. The highest BCUT2D eigenvalue weighted by Gasteiger charge is 2.38. The zero-order chi connectivity index (χ0) is 10.1. The minimum Gasteiger partial charge on any atom is -0.317 e. The van der Waals surface area contributed by atoms with Gasteiger partial charge in [-0.25, -0.2) is 4.39 Å². The summed E-state index contributed by atoms with van der Waals surface area (Å²) >= 11 is 0. The fraction of sp³-hybridized carbons (Fsp3) is 0.500. The van der Waals surface area contributed by atoms with Crippen LogP contribution in [0.15, 0.2) is 24.3 Å². The fourth-order valence-corrected chi connectivity index (χ4v) is 2.35. The molecule has 3 unspecified atom stereocenters. The van der Waals surface area contributed by atoms with Gasteiger partial charge in [0.2, 0.25) is 0 Å². The van der Waals surface area contributed by atoms with Gasteiger partial charge in [-0.15, -0.1) is 0 Å². The second-order valence-electron chi connectivity index (χ2n) is 4.12. The van der Waals surface area contributed by atoms with Crippen LogP contribution >= 0.6 is 0 Å². The van der Waals surface area contributed by atoms with Crippen LogP contribution in [0.4, 0.5) is 4.39 Å². The van der Waals surface area contributed by atoms with Crippen molar-refractivity contribution in [3.63, 3.8) is 0 Å². The van der Waals surface area contributed by atoms with Crippen molar-refractivity contribution >= 4 is 0 Å². The molecule has 0 heterocycles. The van der Waals surface area contributed by atoms with Gasteiger partial charge in [-0.2, -0.15) is 0 Å². The first-order valence-corrected chi connectivity index (χ1v) is 5.15. The molecule has 0 aromatic heterocycles. The van der Waals surface area contributed by atoms with E-state index in [1.807, 2.05) is 19.2 Å². The van der Waals surface area contributed by atoms with Crippen molar-refractivity contribution in [2.75, 3.05) is 7.05 Å². The summed E-state index contributed by atoms with van der Waals surface area (Å²) in [7, 11) is 1.97. The van der Waals surface area contributed by atoms with Gasteiger partial charge >= 0.3 is 0 Å². The van der Waals surface area contributed by atoms with Crippen LogP contribution in [0.3, 0.4) is 0 Å². The molecule has 0 aliphatic heterocycles. The molecule has 1 aromatic rings. The Balaban J connectivity index is 2.15. The zero-order valence-corrected chi connectivity index (χ0v) is 8.63. The Morgan fingerprint density at radius 2 is 2.07 bits per heavy atom. The predicted molar refractivity (Wildman–Crippen MR) is 55.8 cm³/mol.